The summed E-state index contributed by atoms with van der Waals surface area (Å²) in [6, 6.07) is 83.3. The molecule has 9 N–H and O–H groups in total. The van der Waals surface area contributed by atoms with Crippen LogP contribution in [0.1, 0.15) is 189 Å². The van der Waals surface area contributed by atoms with Crippen LogP contribution in [0, 0.1) is 0 Å². The van der Waals surface area contributed by atoms with Crippen LogP contribution in [0.4, 0.5) is 19.2 Å². The third kappa shape index (κ3) is 80.4. The molecule has 8 rings (SSSR count). The number of aliphatic hydroxyl groups is 1. The molecule has 3 radical (unpaired) electrons. The van der Waals surface area contributed by atoms with Crippen molar-refractivity contribution in [1.29, 1.82) is 0 Å². The zero-order valence-corrected chi connectivity index (χ0v) is 87.9. The van der Waals surface area contributed by atoms with Gasteiger partial charge in [0.25, 0.3) is 0 Å². The first-order valence-corrected chi connectivity index (χ1v) is 47.7. The summed E-state index contributed by atoms with van der Waals surface area (Å²) in [5.74, 6) is 0. The molecule has 0 aliphatic carbocycles. The Morgan fingerprint density at radius 2 is 0.551 bits per heavy atom. The van der Waals surface area contributed by atoms with Crippen molar-refractivity contribution < 1.29 is 79.0 Å². The summed E-state index contributed by atoms with van der Waals surface area (Å²) < 4.78 is 27.4. The number of alkyl halides is 4. The Bertz CT molecular complexity index is 3720. The number of ether oxygens (including phenoxy) is 5. The van der Waals surface area contributed by atoms with Crippen LogP contribution < -0.4 is 62.3 Å². The first kappa shape index (κ1) is 127. The number of amides is 2. The van der Waals surface area contributed by atoms with E-state index in [0.29, 0.717) is 26.2 Å². The second-order valence-electron chi connectivity index (χ2n) is 32.1. The Kier molecular flexibility index (Phi) is 82.9. The summed E-state index contributed by atoms with van der Waals surface area (Å²) in [5, 5.41) is 21.1. The van der Waals surface area contributed by atoms with Crippen LogP contribution in [0.2, 0.25) is 0 Å². The van der Waals surface area contributed by atoms with Crippen molar-refractivity contribution >= 4 is 101 Å². The molecule has 0 bridgehead atoms. The summed E-state index contributed by atoms with van der Waals surface area (Å²) in [6.07, 6.45) is 2.44. The smallest absolute Gasteiger partial charge is 1.00 e. The number of hydrogen-bond donors (Lipinski definition) is 7. The first-order chi connectivity index (χ1) is 59.8. The van der Waals surface area contributed by atoms with Gasteiger partial charge in [0.1, 0.15) is 22.4 Å². The van der Waals surface area contributed by atoms with Crippen LogP contribution in [0.25, 0.3) is 0 Å². The minimum atomic E-state index is -1.06. The second kappa shape index (κ2) is 82.9. The molecule has 20 nitrogen and oxygen atoms in total. The van der Waals surface area contributed by atoms with E-state index in [1.54, 1.807) is 46.4 Å². The van der Waals surface area contributed by atoms with Crippen molar-refractivity contribution in [2.75, 3.05) is 99.8 Å². The Morgan fingerprint density at radius 1 is 0.346 bits per heavy atom. The summed E-state index contributed by atoms with van der Waals surface area (Å²) in [6.45, 7) is 47.9. The van der Waals surface area contributed by atoms with Gasteiger partial charge in [-0.1, -0.05) is 316 Å². The number of nitrogens with two attached hydrogens (primary N) is 2. The van der Waals surface area contributed by atoms with Crippen molar-refractivity contribution in [2.45, 2.75) is 218 Å². The van der Waals surface area contributed by atoms with E-state index in [1.807, 2.05) is 131 Å². The van der Waals surface area contributed by atoms with Gasteiger partial charge >= 0.3 is 54.1 Å². The predicted octanol–water partition coefficient (Wildman–Crippen LogP) is 19.4. The molecule has 26 heteroatoms. The normalized spacial score (nSPS) is 10.4. The fraction of sp³-hybridized carbons (Fsp3) is 0.485. The molecule has 127 heavy (non-hydrogen) atoms. The van der Waals surface area contributed by atoms with Crippen LogP contribution in [0.3, 0.4) is 0 Å². The van der Waals surface area contributed by atoms with Crippen molar-refractivity contribution in [2.24, 2.45) is 11.5 Å². The van der Waals surface area contributed by atoms with E-state index in [4.69, 9.17) is 58.7 Å². The molecule has 0 saturated heterocycles. The van der Waals surface area contributed by atoms with Gasteiger partial charge in [-0.15, -0.1) is 23.2 Å². The van der Waals surface area contributed by atoms with Gasteiger partial charge in [-0.05, 0) is 227 Å². The predicted molar refractivity (Wildman–Crippen MR) is 549 cm³/mol. The molecular formula is C101H157BCl2I2N10NaO10. The molecule has 0 fully saturated rings. The molecule has 0 saturated carbocycles. The van der Waals surface area contributed by atoms with Crippen LogP contribution in [0.5, 0.6) is 0 Å². The topological polar surface area (TPSA) is 248 Å². The van der Waals surface area contributed by atoms with E-state index in [2.05, 4.69) is 266 Å². The summed E-state index contributed by atoms with van der Waals surface area (Å²) in [5.41, 5.74) is 18.0. The quantitative estimate of drug-likeness (QED) is 0.00367. The molecule has 0 aliphatic rings. The van der Waals surface area contributed by atoms with Crippen LogP contribution in [0.15, 0.2) is 243 Å². The molecule has 0 atom stereocenters. The number of halogens is 4. The molecule has 8 aromatic rings. The number of benzene rings is 8. The first-order valence-electron chi connectivity index (χ1n) is 43.6. The molecule has 8 aromatic carbocycles. The number of nitrogens with one attached hydrogen (secondary N) is 4. The maximum absolute atomic E-state index is 12.7. The van der Waals surface area contributed by atoms with E-state index in [0.717, 1.165) is 149 Å². The molecule has 2 amide bonds. The molecular weight excluding hydrogens is 1870 g/mol. The standard InChI is InChI=1S/C24H34N2O2.C22H30N2O2.C19H26N2.C17H22N2.C10H18O5.C3H10N2.2C2H5I.CH2Cl2.CH4O.B.Na.H/c1-5-25(19-21-13-8-6-9-14-21)17-12-18-26(23(27)28-24(2,3)4)20-22-15-10-7-11-16-22;1-22(2,3)26-21(25)24(18-20-13-8-5-9-14-20)16-10-15-23-17-19-11-6-4-7-12-19;1-2-21(17-19-12-7-4-8-13-19)15-9-14-20-16-18-10-5-3-6-11-18;1-3-8-16(9-4-1)14-18-12-7-13-19-15-17-10-5-2-6-11-17;1-9(2,3)14-7(11)13-8(12)15-10(4,5)6;4-2-1-3-5;2*1-2-3;2-1-3;1-2;;;/h6-11,13-16H,5,12,17-20H2,1-4H3;4-9,11-14,23H,10,15-18H2,1-3H3;3-8,10-13,20H,2,9,14-17H2,1H3;1-6,8-11,18-19H,7,12-15H2;1-6H3;1-5H2;2*2H2,1H3;1H2;2H,1H3;;;/q;;;;;;;;;;;+1;-1. The van der Waals surface area contributed by atoms with E-state index in [1.165, 1.54) is 48.7 Å². The number of hydrogen-bond acceptors (Lipinski definition) is 18. The van der Waals surface area contributed by atoms with Gasteiger partial charge in [0.05, 0.1) is 5.34 Å². The summed E-state index contributed by atoms with van der Waals surface area (Å²) >= 11 is 14.1. The van der Waals surface area contributed by atoms with Crippen LogP contribution in [-0.2, 0) is 76.0 Å². The molecule has 703 valence electrons. The maximum Gasteiger partial charge on any atom is 1.00 e. The van der Waals surface area contributed by atoms with Crippen molar-refractivity contribution in [3.05, 3.63) is 287 Å². The average Bonchev–Trinajstić information content (AvgIpc) is 0.919. The van der Waals surface area contributed by atoms with Crippen LogP contribution >= 0.6 is 68.4 Å². The fourth-order valence-corrected chi connectivity index (χ4v) is 10.8. The number of aliphatic hydroxyl groups excluding tert-OH is 1. The van der Waals surface area contributed by atoms with Gasteiger partial charge in [0.2, 0.25) is 0 Å². The van der Waals surface area contributed by atoms with Crippen molar-refractivity contribution in [1.82, 2.24) is 40.9 Å². The van der Waals surface area contributed by atoms with Gasteiger partial charge < -0.3 is 72.8 Å². The number of carbonyl (C=O) groups excluding carboxylic acids is 4. The number of carbonyl (C=O) groups is 4. The van der Waals surface area contributed by atoms with Gasteiger partial charge in [0.15, 0.2) is 0 Å². The average molecular weight is 2030 g/mol. The largest absolute Gasteiger partial charge is 1.00 e. The molecule has 0 aliphatic heterocycles. The fourth-order valence-electron chi connectivity index (χ4n) is 10.8. The minimum Gasteiger partial charge on any atom is -1.00 e. The Hall–Kier alpha value is -6.22. The SMILES string of the molecule is CC(C)(C)OC(=O)N(CCCNCc1ccccc1)Cc1ccccc1.CC(C)(C)OC(=O)OC(=O)OC(C)(C)C.CCI.CCI.CCN(CCCN(Cc1ccccc1)C(=O)OC(C)(C)C)Cc1ccccc1.CCN(CCCNCc1ccccc1)Cc1ccccc1.CO.ClCCl.NCCCN.[B].[H-].[Na+].c1ccc(CNCCCNCc2ccccc2)cc1. The minimum absolute atomic E-state index is 0. The van der Waals surface area contributed by atoms with Gasteiger partial charge in [-0.3, -0.25) is 9.80 Å². The van der Waals surface area contributed by atoms with Crippen molar-refractivity contribution in [3.63, 3.8) is 0 Å². The maximum atomic E-state index is 12.7. The van der Waals surface area contributed by atoms with Crippen LogP contribution in [-0.4, -0.2) is 180 Å². The van der Waals surface area contributed by atoms with Gasteiger partial charge in [0, 0.05) is 87.5 Å². The second-order valence-corrected chi connectivity index (χ2v) is 36.0. The summed E-state index contributed by atoms with van der Waals surface area (Å²) in [7, 11) is 1.00. The molecule has 0 spiro atoms. The van der Waals surface area contributed by atoms with Gasteiger partial charge in [-0.2, -0.15) is 0 Å². The van der Waals surface area contributed by atoms with E-state index >= 15 is 0 Å². The zero-order valence-electron chi connectivity index (χ0n) is 81.0. The Balaban J connectivity index is -0.000000474. The van der Waals surface area contributed by atoms with Gasteiger partial charge in [-0.25, -0.2) is 19.2 Å². The van der Waals surface area contributed by atoms with E-state index in [9.17, 15) is 19.2 Å². The molecule has 0 unspecified atom stereocenters. The third-order valence-corrected chi connectivity index (χ3v) is 16.4. The monoisotopic (exact) mass is 2030 g/mol. The third-order valence-electron chi connectivity index (χ3n) is 16.4. The molecule has 0 heterocycles. The van der Waals surface area contributed by atoms with E-state index < -0.39 is 34.7 Å². The number of nitrogens with zero attached hydrogens (tertiary/aromatic N) is 4. The Morgan fingerprint density at radius 3 is 0.772 bits per heavy atom. The Labute approximate surface area is 830 Å². The molecule has 0 aromatic heterocycles. The summed E-state index contributed by atoms with van der Waals surface area (Å²) in [4.78, 5) is 55.7. The van der Waals surface area contributed by atoms with Crippen molar-refractivity contribution in [3.8, 4) is 0 Å². The number of rotatable bonds is 36. The zero-order chi connectivity index (χ0) is 93.7. The van der Waals surface area contributed by atoms with E-state index in [-0.39, 0.29) is 56.9 Å².